The zero-order chi connectivity index (χ0) is 15.8. The molecule has 0 aromatic heterocycles. The number of amides is 1. The van der Waals surface area contributed by atoms with Crippen molar-refractivity contribution in [3.05, 3.63) is 23.8 Å². The second-order valence-corrected chi connectivity index (χ2v) is 4.38. The van der Waals surface area contributed by atoms with Crippen LogP contribution in [0.2, 0.25) is 0 Å². The summed E-state index contributed by atoms with van der Waals surface area (Å²) in [6.45, 7) is 3.83. The molecule has 116 valence electrons. The van der Waals surface area contributed by atoms with E-state index in [9.17, 15) is 9.59 Å². The van der Waals surface area contributed by atoms with E-state index < -0.39 is 12.1 Å². The first kappa shape index (κ1) is 16.8. The number of carbonyl (C=O) groups is 2. The lowest BCUT2D eigenvalue weighted by molar-refractivity contribution is -0.154. The normalized spacial score (nSPS) is 11.4. The molecule has 1 aromatic rings. The van der Waals surface area contributed by atoms with Crippen molar-refractivity contribution in [2.75, 3.05) is 20.8 Å². The lowest BCUT2D eigenvalue weighted by Gasteiger charge is -2.14. The maximum Gasteiger partial charge on any atom is 0.311 e. The van der Waals surface area contributed by atoms with Crippen LogP contribution in [0.25, 0.3) is 0 Å². The first-order valence-electron chi connectivity index (χ1n) is 6.69. The molecule has 0 unspecified atom stereocenters. The van der Waals surface area contributed by atoms with E-state index in [1.807, 2.05) is 0 Å². The van der Waals surface area contributed by atoms with E-state index in [4.69, 9.17) is 14.2 Å². The topological polar surface area (TPSA) is 73.9 Å². The van der Waals surface area contributed by atoms with Crippen molar-refractivity contribution in [2.45, 2.75) is 26.4 Å². The van der Waals surface area contributed by atoms with Gasteiger partial charge in [0, 0.05) is 18.2 Å². The SMILES string of the molecule is CCNC(=O)[C@@H](C)OC(=O)Cc1ccc(OC)cc1OC. The van der Waals surface area contributed by atoms with Gasteiger partial charge in [0.1, 0.15) is 11.5 Å². The molecule has 0 radical (unpaired) electrons. The molecule has 6 nitrogen and oxygen atoms in total. The molecule has 1 rings (SSSR count). The van der Waals surface area contributed by atoms with Crippen LogP contribution in [-0.2, 0) is 20.7 Å². The molecule has 0 spiro atoms. The Kier molecular flexibility index (Phi) is 6.52. The highest BCUT2D eigenvalue weighted by Gasteiger charge is 2.18. The molecule has 1 atom stereocenters. The summed E-state index contributed by atoms with van der Waals surface area (Å²) in [6, 6.07) is 5.16. The predicted molar refractivity (Wildman–Crippen MR) is 77.5 cm³/mol. The fraction of sp³-hybridized carbons (Fsp3) is 0.467. The number of rotatable bonds is 7. The number of hydrogen-bond acceptors (Lipinski definition) is 5. The summed E-state index contributed by atoms with van der Waals surface area (Å²) in [4.78, 5) is 23.4. The summed E-state index contributed by atoms with van der Waals surface area (Å²) in [5.74, 6) is 0.376. The summed E-state index contributed by atoms with van der Waals surface area (Å²) >= 11 is 0. The van der Waals surface area contributed by atoms with Gasteiger partial charge in [0.25, 0.3) is 5.91 Å². The van der Waals surface area contributed by atoms with Crippen LogP contribution in [0.1, 0.15) is 19.4 Å². The van der Waals surface area contributed by atoms with Gasteiger partial charge in [-0.3, -0.25) is 9.59 Å². The van der Waals surface area contributed by atoms with Gasteiger partial charge >= 0.3 is 5.97 Å². The van der Waals surface area contributed by atoms with E-state index in [1.54, 1.807) is 32.2 Å². The number of hydrogen-bond donors (Lipinski definition) is 1. The summed E-state index contributed by atoms with van der Waals surface area (Å²) in [7, 11) is 3.07. The monoisotopic (exact) mass is 295 g/mol. The Morgan fingerprint density at radius 1 is 1.24 bits per heavy atom. The molecule has 0 heterocycles. The number of esters is 1. The first-order chi connectivity index (χ1) is 10.0. The molecule has 0 fully saturated rings. The van der Waals surface area contributed by atoms with Crippen LogP contribution in [0.5, 0.6) is 11.5 Å². The predicted octanol–water partition coefficient (Wildman–Crippen LogP) is 1.31. The number of likely N-dealkylation sites (N-methyl/N-ethyl adjacent to an activating group) is 1. The fourth-order valence-corrected chi connectivity index (χ4v) is 1.76. The highest BCUT2D eigenvalue weighted by molar-refractivity contribution is 5.84. The van der Waals surface area contributed by atoms with Crippen molar-refractivity contribution in [1.82, 2.24) is 5.32 Å². The zero-order valence-electron chi connectivity index (χ0n) is 12.8. The molecule has 6 heteroatoms. The van der Waals surface area contributed by atoms with Crippen LogP contribution < -0.4 is 14.8 Å². The average Bonchev–Trinajstić information content (AvgIpc) is 2.47. The molecule has 0 aliphatic carbocycles. The number of benzene rings is 1. The maximum atomic E-state index is 11.9. The minimum atomic E-state index is -0.818. The van der Waals surface area contributed by atoms with Crippen LogP contribution in [0.4, 0.5) is 0 Å². The third-order valence-electron chi connectivity index (χ3n) is 2.86. The van der Waals surface area contributed by atoms with Crippen LogP contribution in [0.3, 0.4) is 0 Å². The van der Waals surface area contributed by atoms with Gasteiger partial charge < -0.3 is 19.5 Å². The van der Waals surface area contributed by atoms with Crippen molar-refractivity contribution in [2.24, 2.45) is 0 Å². The van der Waals surface area contributed by atoms with E-state index in [2.05, 4.69) is 5.32 Å². The third kappa shape index (κ3) is 4.98. The Balaban J connectivity index is 2.68. The number of carbonyl (C=O) groups excluding carboxylic acids is 2. The summed E-state index contributed by atoms with van der Waals surface area (Å²) < 4.78 is 15.4. The molecule has 21 heavy (non-hydrogen) atoms. The van der Waals surface area contributed by atoms with Gasteiger partial charge in [0.15, 0.2) is 6.10 Å². The molecule has 1 N–H and O–H groups in total. The lowest BCUT2D eigenvalue weighted by Crippen LogP contribution is -2.35. The molecule has 1 aromatic carbocycles. The van der Waals surface area contributed by atoms with E-state index in [-0.39, 0.29) is 12.3 Å². The number of methoxy groups -OCH3 is 2. The number of ether oxygens (including phenoxy) is 3. The van der Waals surface area contributed by atoms with Crippen molar-refractivity contribution < 1.29 is 23.8 Å². The Labute approximate surface area is 124 Å². The van der Waals surface area contributed by atoms with E-state index in [0.29, 0.717) is 23.6 Å². The lowest BCUT2D eigenvalue weighted by atomic mass is 10.1. The fourth-order valence-electron chi connectivity index (χ4n) is 1.76. The van der Waals surface area contributed by atoms with Crippen LogP contribution in [0, 0.1) is 0 Å². The van der Waals surface area contributed by atoms with Crippen molar-refractivity contribution in [3.8, 4) is 11.5 Å². The Bertz CT molecular complexity index is 501. The molecule has 0 saturated carbocycles. The van der Waals surface area contributed by atoms with E-state index in [0.717, 1.165) is 0 Å². The molecular formula is C15H21NO5. The Morgan fingerprint density at radius 3 is 2.52 bits per heavy atom. The first-order valence-corrected chi connectivity index (χ1v) is 6.69. The van der Waals surface area contributed by atoms with Gasteiger partial charge in [0.05, 0.1) is 20.6 Å². The second kappa shape index (κ2) is 8.14. The maximum absolute atomic E-state index is 11.9. The van der Waals surface area contributed by atoms with Gasteiger partial charge in [-0.1, -0.05) is 6.07 Å². The highest BCUT2D eigenvalue weighted by atomic mass is 16.5. The molecule has 0 aliphatic rings. The van der Waals surface area contributed by atoms with E-state index in [1.165, 1.54) is 14.0 Å². The third-order valence-corrected chi connectivity index (χ3v) is 2.86. The minimum absolute atomic E-state index is 0.0247. The zero-order valence-corrected chi connectivity index (χ0v) is 12.8. The largest absolute Gasteiger partial charge is 0.497 e. The minimum Gasteiger partial charge on any atom is -0.497 e. The smallest absolute Gasteiger partial charge is 0.311 e. The quantitative estimate of drug-likeness (QED) is 0.768. The highest BCUT2D eigenvalue weighted by Crippen LogP contribution is 2.25. The summed E-state index contributed by atoms with van der Waals surface area (Å²) in [5, 5.41) is 2.59. The van der Waals surface area contributed by atoms with E-state index >= 15 is 0 Å². The summed E-state index contributed by atoms with van der Waals surface area (Å²) in [6.07, 6.45) is -0.793. The van der Waals surface area contributed by atoms with Crippen molar-refractivity contribution in [3.63, 3.8) is 0 Å². The standard InChI is InChI=1S/C15H21NO5/c1-5-16-15(18)10(2)21-14(17)8-11-6-7-12(19-3)9-13(11)20-4/h6-7,9-10H,5,8H2,1-4H3,(H,16,18)/t10-/m1/s1. The van der Waals surface area contributed by atoms with Gasteiger partial charge in [-0.2, -0.15) is 0 Å². The molecule has 0 saturated heterocycles. The molecular weight excluding hydrogens is 274 g/mol. The molecule has 0 bridgehead atoms. The average molecular weight is 295 g/mol. The Hall–Kier alpha value is -2.24. The second-order valence-electron chi connectivity index (χ2n) is 4.38. The number of nitrogens with one attached hydrogen (secondary N) is 1. The van der Waals surface area contributed by atoms with Gasteiger partial charge in [-0.15, -0.1) is 0 Å². The van der Waals surface area contributed by atoms with Crippen molar-refractivity contribution >= 4 is 11.9 Å². The summed E-state index contributed by atoms with van der Waals surface area (Å²) in [5.41, 5.74) is 0.673. The molecule has 1 amide bonds. The van der Waals surface area contributed by atoms with Crippen LogP contribution >= 0.6 is 0 Å². The Morgan fingerprint density at radius 2 is 1.95 bits per heavy atom. The van der Waals surface area contributed by atoms with Gasteiger partial charge in [0.2, 0.25) is 0 Å². The molecule has 0 aliphatic heterocycles. The van der Waals surface area contributed by atoms with Crippen LogP contribution in [0.15, 0.2) is 18.2 Å². The van der Waals surface area contributed by atoms with Gasteiger partial charge in [-0.05, 0) is 19.9 Å². The van der Waals surface area contributed by atoms with Crippen molar-refractivity contribution in [1.29, 1.82) is 0 Å². The van der Waals surface area contributed by atoms with Crippen LogP contribution in [-0.4, -0.2) is 38.7 Å². The van der Waals surface area contributed by atoms with Gasteiger partial charge in [-0.25, -0.2) is 0 Å².